The van der Waals surface area contributed by atoms with E-state index in [1.807, 2.05) is 54.6 Å². The molecule has 33 heavy (non-hydrogen) atoms. The molecule has 0 N–H and O–H groups in total. The van der Waals surface area contributed by atoms with Crippen LogP contribution in [0.2, 0.25) is 5.02 Å². The summed E-state index contributed by atoms with van der Waals surface area (Å²) >= 11 is 6.24. The number of hydrogen-bond donors (Lipinski definition) is 0. The minimum absolute atomic E-state index is 0. The molecule has 0 bridgehead atoms. The van der Waals surface area contributed by atoms with Gasteiger partial charge in [0.2, 0.25) is 5.88 Å². The van der Waals surface area contributed by atoms with Crippen molar-refractivity contribution >= 4 is 17.6 Å². The first kappa shape index (κ1) is 24.7. The largest absolute Gasteiger partial charge is 1.00 e. The van der Waals surface area contributed by atoms with Crippen molar-refractivity contribution in [3.63, 3.8) is 0 Å². The summed E-state index contributed by atoms with van der Waals surface area (Å²) in [5.74, 6) is -0.00125. The smallest absolute Gasteiger partial charge is 0.546 e. The number of nitrogens with zero attached hydrogens (tertiary/aromatic N) is 2. The van der Waals surface area contributed by atoms with E-state index in [9.17, 15) is 9.90 Å². The molecule has 0 atom stereocenters. The van der Waals surface area contributed by atoms with Gasteiger partial charge in [0.25, 0.3) is 0 Å². The Bertz CT molecular complexity index is 1220. The summed E-state index contributed by atoms with van der Waals surface area (Å²) in [5.41, 5.74) is 3.21. The topological polar surface area (TPSA) is 84.4 Å². The van der Waals surface area contributed by atoms with Crippen LogP contribution >= 0.6 is 11.6 Å². The standard InChI is InChI=1S/C25H19ClN2O4.Na/c26-21-9-5-4-8-19(21)15-32-23-14-22(17-6-2-1-3-7-17)27-25(28-23)18-10-12-20(13-11-18)31-16-24(29)30;/h1-14H,15-16H2,(H,29,30);/q;+1/p-1. The van der Waals surface area contributed by atoms with Crippen LogP contribution in [0.25, 0.3) is 22.6 Å². The number of benzene rings is 3. The Labute approximate surface area is 218 Å². The van der Waals surface area contributed by atoms with Crippen molar-refractivity contribution in [2.45, 2.75) is 6.61 Å². The van der Waals surface area contributed by atoms with Crippen LogP contribution in [-0.4, -0.2) is 22.5 Å². The number of carbonyl (C=O) groups is 1. The molecule has 160 valence electrons. The molecule has 0 aliphatic heterocycles. The molecule has 0 aliphatic carbocycles. The molecule has 6 nitrogen and oxygen atoms in total. The van der Waals surface area contributed by atoms with Crippen molar-refractivity contribution in [2.75, 3.05) is 6.61 Å². The summed E-state index contributed by atoms with van der Waals surface area (Å²) in [6.07, 6.45) is 0. The van der Waals surface area contributed by atoms with Gasteiger partial charge in [0, 0.05) is 27.8 Å². The Morgan fingerprint density at radius 2 is 1.55 bits per heavy atom. The van der Waals surface area contributed by atoms with Gasteiger partial charge in [0.15, 0.2) is 5.82 Å². The number of hydrogen-bond acceptors (Lipinski definition) is 6. The van der Waals surface area contributed by atoms with Gasteiger partial charge in [-0.2, -0.15) is 4.98 Å². The second-order valence-electron chi connectivity index (χ2n) is 6.85. The number of carboxylic acid groups (broad SMARTS) is 1. The fourth-order valence-electron chi connectivity index (χ4n) is 2.99. The van der Waals surface area contributed by atoms with Crippen molar-refractivity contribution < 1.29 is 48.9 Å². The van der Waals surface area contributed by atoms with Crippen LogP contribution < -0.4 is 44.1 Å². The summed E-state index contributed by atoms with van der Waals surface area (Å²) in [5, 5.41) is 11.2. The molecule has 4 aromatic rings. The quantitative estimate of drug-likeness (QED) is 0.361. The van der Waals surface area contributed by atoms with Crippen molar-refractivity contribution in [2.24, 2.45) is 0 Å². The van der Waals surface area contributed by atoms with Gasteiger partial charge in [-0.05, 0) is 30.3 Å². The van der Waals surface area contributed by atoms with Crippen LogP contribution in [0.4, 0.5) is 0 Å². The minimum atomic E-state index is -1.28. The van der Waals surface area contributed by atoms with E-state index in [0.717, 1.165) is 16.7 Å². The molecule has 0 aliphatic rings. The van der Waals surface area contributed by atoms with E-state index in [2.05, 4.69) is 9.97 Å². The fourth-order valence-corrected chi connectivity index (χ4v) is 3.18. The van der Waals surface area contributed by atoms with E-state index >= 15 is 0 Å². The van der Waals surface area contributed by atoms with Gasteiger partial charge >= 0.3 is 29.6 Å². The molecule has 4 rings (SSSR count). The number of aromatic nitrogens is 2. The van der Waals surface area contributed by atoms with Crippen molar-refractivity contribution in [1.29, 1.82) is 0 Å². The minimum Gasteiger partial charge on any atom is -0.546 e. The van der Waals surface area contributed by atoms with Crippen LogP contribution in [-0.2, 0) is 11.4 Å². The van der Waals surface area contributed by atoms with Crippen LogP contribution in [0, 0.1) is 0 Å². The third-order valence-corrected chi connectivity index (χ3v) is 4.94. The molecule has 0 spiro atoms. The van der Waals surface area contributed by atoms with Gasteiger partial charge in [-0.1, -0.05) is 60.1 Å². The first-order valence-corrected chi connectivity index (χ1v) is 10.2. The first-order valence-electron chi connectivity index (χ1n) is 9.82. The van der Waals surface area contributed by atoms with Crippen LogP contribution in [0.15, 0.2) is 84.9 Å². The molecular weight excluding hydrogens is 451 g/mol. The Morgan fingerprint density at radius 1 is 0.848 bits per heavy atom. The van der Waals surface area contributed by atoms with Crippen LogP contribution in [0.1, 0.15) is 5.56 Å². The molecule has 0 fully saturated rings. The summed E-state index contributed by atoms with van der Waals surface area (Å²) < 4.78 is 11.1. The summed E-state index contributed by atoms with van der Waals surface area (Å²) in [6.45, 7) is -0.250. The molecular formula is C25H18ClN2NaO4. The van der Waals surface area contributed by atoms with E-state index < -0.39 is 12.6 Å². The second kappa shape index (κ2) is 11.8. The predicted octanol–water partition coefficient (Wildman–Crippen LogP) is 1.18. The molecule has 8 heteroatoms. The number of ether oxygens (including phenoxy) is 2. The SMILES string of the molecule is O=C([O-])COc1ccc(-c2nc(OCc3ccccc3Cl)cc(-c3ccccc3)n2)cc1.[Na+]. The molecule has 1 aromatic heterocycles. The molecule has 0 radical (unpaired) electrons. The Hall–Kier alpha value is -2.90. The third-order valence-electron chi connectivity index (χ3n) is 4.57. The number of carboxylic acids is 1. The van der Waals surface area contributed by atoms with E-state index in [1.165, 1.54) is 0 Å². The van der Waals surface area contributed by atoms with E-state index in [1.54, 1.807) is 30.3 Å². The number of aliphatic carboxylic acids is 1. The average Bonchev–Trinajstić information content (AvgIpc) is 2.83. The van der Waals surface area contributed by atoms with Gasteiger partial charge in [-0.3, -0.25) is 0 Å². The van der Waals surface area contributed by atoms with Crippen molar-refractivity contribution in [1.82, 2.24) is 9.97 Å². The summed E-state index contributed by atoms with van der Waals surface area (Å²) in [6, 6.07) is 25.8. The normalized spacial score (nSPS) is 10.2. The van der Waals surface area contributed by atoms with Crippen LogP contribution in [0.5, 0.6) is 11.6 Å². The zero-order valence-electron chi connectivity index (χ0n) is 17.9. The molecule has 1 heterocycles. The second-order valence-corrected chi connectivity index (χ2v) is 7.25. The van der Waals surface area contributed by atoms with Crippen LogP contribution in [0.3, 0.4) is 0 Å². The molecule has 0 saturated carbocycles. The number of halogens is 1. The van der Waals surface area contributed by atoms with Gasteiger partial charge in [-0.15, -0.1) is 0 Å². The Morgan fingerprint density at radius 3 is 2.24 bits per heavy atom. The molecule has 0 amide bonds. The summed E-state index contributed by atoms with van der Waals surface area (Å²) in [4.78, 5) is 19.8. The van der Waals surface area contributed by atoms with Gasteiger partial charge in [-0.25, -0.2) is 4.98 Å². The molecule has 0 unspecified atom stereocenters. The predicted molar refractivity (Wildman–Crippen MR) is 119 cm³/mol. The van der Waals surface area contributed by atoms with Crippen molar-refractivity contribution in [3.05, 3.63) is 95.5 Å². The van der Waals surface area contributed by atoms with E-state index in [0.29, 0.717) is 28.2 Å². The maximum Gasteiger partial charge on any atom is 1.00 e. The van der Waals surface area contributed by atoms with Gasteiger partial charge < -0.3 is 19.4 Å². The zero-order valence-corrected chi connectivity index (χ0v) is 20.7. The van der Waals surface area contributed by atoms with E-state index in [-0.39, 0.29) is 36.2 Å². The zero-order chi connectivity index (χ0) is 22.3. The fraction of sp³-hybridized carbons (Fsp3) is 0.0800. The maximum absolute atomic E-state index is 10.6. The number of rotatable bonds is 8. The maximum atomic E-state index is 10.6. The average molecular weight is 469 g/mol. The number of carbonyl (C=O) groups excluding carboxylic acids is 1. The van der Waals surface area contributed by atoms with Crippen molar-refractivity contribution in [3.8, 4) is 34.3 Å². The molecule has 0 saturated heterocycles. The monoisotopic (exact) mass is 468 g/mol. The summed E-state index contributed by atoms with van der Waals surface area (Å²) in [7, 11) is 0. The molecule has 3 aromatic carbocycles. The van der Waals surface area contributed by atoms with Gasteiger partial charge in [0.05, 0.1) is 11.7 Å². The first-order chi connectivity index (χ1) is 15.6. The third kappa shape index (κ3) is 6.79. The Kier molecular flexibility index (Phi) is 8.86. The van der Waals surface area contributed by atoms with Gasteiger partial charge in [0.1, 0.15) is 19.0 Å². The Balaban J connectivity index is 0.00000306. The van der Waals surface area contributed by atoms with E-state index in [4.69, 9.17) is 21.1 Å².